The third-order valence-corrected chi connectivity index (χ3v) is 14.8. The topological polar surface area (TPSA) is 29.5 Å². The summed E-state index contributed by atoms with van der Waals surface area (Å²) in [5.74, 6) is 4.21. The van der Waals surface area contributed by atoms with Gasteiger partial charge in [0.2, 0.25) is 0 Å². The molecule has 0 bridgehead atoms. The van der Waals surface area contributed by atoms with Crippen LogP contribution in [0.15, 0.2) is 54.3 Å². The number of ether oxygens (including phenoxy) is 1. The fraction of sp³-hybridized carbons (Fsp3) is 0.750. The predicted molar refractivity (Wildman–Crippen MR) is 177 cm³/mol. The second kappa shape index (κ2) is 11.1. The summed E-state index contributed by atoms with van der Waals surface area (Å²) in [6.45, 7) is 27.0. The van der Waals surface area contributed by atoms with Gasteiger partial charge in [0.15, 0.2) is 0 Å². The highest BCUT2D eigenvalue weighted by molar-refractivity contribution is 5.36. The largest absolute Gasteiger partial charge is 0.493 e. The molecular weight excluding hydrogens is 512 g/mol. The molecule has 0 spiro atoms. The lowest BCUT2D eigenvalue weighted by atomic mass is 9.33. The molecule has 8 unspecified atom stereocenters. The lowest BCUT2D eigenvalue weighted by molar-refractivity contribution is -0.204. The predicted octanol–water partition coefficient (Wildman–Crippen LogP) is 10.8. The Hall–Kier alpha value is -1.54. The maximum absolute atomic E-state index is 11.0. The van der Waals surface area contributed by atoms with Crippen molar-refractivity contribution in [2.24, 2.45) is 56.7 Å². The summed E-state index contributed by atoms with van der Waals surface area (Å²) in [6, 6.07) is 10.6. The molecule has 1 aromatic rings. The molecule has 0 saturated heterocycles. The van der Waals surface area contributed by atoms with E-state index < -0.39 is 0 Å². The van der Waals surface area contributed by atoms with Crippen LogP contribution in [0, 0.1) is 56.7 Å². The zero-order chi connectivity index (χ0) is 30.7. The summed E-state index contributed by atoms with van der Waals surface area (Å²) < 4.78 is 6.63. The van der Waals surface area contributed by atoms with Gasteiger partial charge in [0.25, 0.3) is 0 Å². The van der Waals surface area contributed by atoms with Gasteiger partial charge in [0, 0.05) is 5.41 Å². The quantitative estimate of drug-likeness (QED) is 0.286. The van der Waals surface area contributed by atoms with E-state index in [-0.39, 0.29) is 22.3 Å². The summed E-state index contributed by atoms with van der Waals surface area (Å²) in [5.41, 5.74) is 3.84. The first-order chi connectivity index (χ1) is 19.8. The second-order valence-electron chi connectivity index (χ2n) is 16.4. The summed E-state index contributed by atoms with van der Waals surface area (Å²) in [4.78, 5) is 0. The molecule has 0 amide bonds. The molecule has 42 heavy (non-hydrogen) atoms. The van der Waals surface area contributed by atoms with Crippen LogP contribution in [0.25, 0.3) is 0 Å². The first kappa shape index (κ1) is 31.9. The second-order valence-corrected chi connectivity index (χ2v) is 16.4. The minimum absolute atomic E-state index is 0.00208. The lowest BCUT2D eigenvalue weighted by Gasteiger charge is -2.71. The van der Waals surface area contributed by atoms with E-state index in [0.29, 0.717) is 41.1 Å². The van der Waals surface area contributed by atoms with Crippen molar-refractivity contribution >= 4 is 0 Å². The summed E-state index contributed by atoms with van der Waals surface area (Å²) in [5, 5.41) is 11.0. The Morgan fingerprint density at radius 1 is 0.881 bits per heavy atom. The molecule has 10 atom stereocenters. The number of benzene rings is 1. The number of aliphatic hydroxyl groups is 1. The van der Waals surface area contributed by atoms with Crippen molar-refractivity contribution in [3.63, 3.8) is 0 Å². The van der Waals surface area contributed by atoms with Crippen molar-refractivity contribution in [3.8, 4) is 0 Å². The molecule has 5 aliphatic rings. The fourth-order valence-corrected chi connectivity index (χ4v) is 11.8. The van der Waals surface area contributed by atoms with Gasteiger partial charge in [-0.2, -0.15) is 0 Å². The SMILES string of the molecule is C=C(OCc1ccccc1)C12CC[C@@H](C)C(C)C1C1=CCC3C4(C)CCC(O)C(C)(C)C4CCC3(C)[C@]1(C)CC2.CC. The molecule has 1 N–H and O–H groups in total. The summed E-state index contributed by atoms with van der Waals surface area (Å²) in [7, 11) is 0. The Kier molecular flexibility index (Phi) is 8.44. The zero-order valence-corrected chi connectivity index (χ0v) is 28.6. The van der Waals surface area contributed by atoms with Crippen LogP contribution in [0.1, 0.15) is 126 Å². The molecule has 4 fully saturated rings. The Bertz CT molecular complexity index is 1170. The molecule has 0 aliphatic heterocycles. The lowest BCUT2D eigenvalue weighted by Crippen LogP contribution is -2.65. The fourth-order valence-electron chi connectivity index (χ4n) is 11.8. The number of aliphatic hydroxyl groups excluding tert-OH is 1. The van der Waals surface area contributed by atoms with Crippen LogP contribution < -0.4 is 0 Å². The van der Waals surface area contributed by atoms with Crippen molar-refractivity contribution in [1.82, 2.24) is 0 Å². The van der Waals surface area contributed by atoms with E-state index in [9.17, 15) is 5.11 Å². The van der Waals surface area contributed by atoms with Gasteiger partial charge in [-0.15, -0.1) is 0 Å². The van der Waals surface area contributed by atoms with Crippen molar-refractivity contribution in [2.75, 3.05) is 0 Å². The van der Waals surface area contributed by atoms with Gasteiger partial charge < -0.3 is 9.84 Å². The standard InChI is InChI=1S/C38H56O2.C2H6/c1-25-16-21-38(27(3)40-24-28-12-10-9-11-13-28)23-22-36(7)29(33(38)26(25)2)14-15-31-35(6)19-18-32(39)34(4,5)30(35)17-20-37(31,36)8;1-2/h9-14,25-26,30-33,39H,3,15-24H2,1-2,4-8H3;1-2H3/t25-,26?,30?,31?,32?,33?,35?,36-,37?,38?;/m1./s1. The first-order valence-corrected chi connectivity index (χ1v) is 17.6. The van der Waals surface area contributed by atoms with Gasteiger partial charge in [0.05, 0.1) is 11.9 Å². The van der Waals surface area contributed by atoms with Gasteiger partial charge >= 0.3 is 0 Å². The average Bonchev–Trinajstić information content (AvgIpc) is 2.98. The molecule has 0 radical (unpaired) electrons. The third-order valence-electron chi connectivity index (χ3n) is 14.8. The molecule has 4 saturated carbocycles. The van der Waals surface area contributed by atoms with E-state index in [4.69, 9.17) is 11.3 Å². The monoisotopic (exact) mass is 574 g/mol. The van der Waals surface area contributed by atoms with Gasteiger partial charge in [-0.1, -0.05) is 111 Å². The maximum Gasteiger partial charge on any atom is 0.113 e. The van der Waals surface area contributed by atoms with Crippen LogP contribution in [-0.2, 0) is 11.3 Å². The van der Waals surface area contributed by atoms with E-state index >= 15 is 0 Å². The van der Waals surface area contributed by atoms with Crippen LogP contribution in [0.2, 0.25) is 0 Å². The van der Waals surface area contributed by atoms with E-state index in [2.05, 4.69) is 84.9 Å². The third kappa shape index (κ3) is 4.42. The summed E-state index contributed by atoms with van der Waals surface area (Å²) >= 11 is 0. The molecule has 5 aliphatic carbocycles. The van der Waals surface area contributed by atoms with Crippen LogP contribution in [0.5, 0.6) is 0 Å². The Balaban J connectivity index is 0.00000173. The van der Waals surface area contributed by atoms with Crippen molar-refractivity contribution < 1.29 is 9.84 Å². The van der Waals surface area contributed by atoms with Gasteiger partial charge in [0.1, 0.15) is 6.61 Å². The van der Waals surface area contributed by atoms with Crippen LogP contribution in [0.3, 0.4) is 0 Å². The Labute approximate surface area is 258 Å². The van der Waals surface area contributed by atoms with E-state index in [1.54, 1.807) is 5.57 Å². The molecule has 1 aromatic carbocycles. The number of rotatable bonds is 4. The molecule has 234 valence electrons. The van der Waals surface area contributed by atoms with Crippen LogP contribution in [0.4, 0.5) is 0 Å². The Morgan fingerprint density at radius 2 is 1.57 bits per heavy atom. The number of fused-ring (bicyclic) bond motifs is 7. The molecule has 6 rings (SSSR count). The number of allylic oxidation sites excluding steroid dienone is 3. The highest BCUT2D eigenvalue weighted by Crippen LogP contribution is 2.76. The number of hydrogen-bond acceptors (Lipinski definition) is 2. The smallest absolute Gasteiger partial charge is 0.113 e. The van der Waals surface area contributed by atoms with Crippen molar-refractivity contribution in [1.29, 1.82) is 0 Å². The van der Waals surface area contributed by atoms with E-state index in [1.807, 2.05) is 13.8 Å². The summed E-state index contributed by atoms with van der Waals surface area (Å²) in [6.07, 6.45) is 13.4. The van der Waals surface area contributed by atoms with Gasteiger partial charge in [-0.3, -0.25) is 0 Å². The van der Waals surface area contributed by atoms with E-state index in [1.165, 1.54) is 56.9 Å². The molecule has 0 heterocycles. The van der Waals surface area contributed by atoms with Crippen LogP contribution in [-0.4, -0.2) is 11.2 Å². The minimum atomic E-state index is -0.165. The zero-order valence-electron chi connectivity index (χ0n) is 28.6. The number of hydrogen-bond donors (Lipinski definition) is 1. The van der Waals surface area contributed by atoms with Crippen molar-refractivity contribution in [3.05, 3.63) is 59.9 Å². The highest BCUT2D eigenvalue weighted by Gasteiger charge is 2.69. The normalized spacial score (nSPS) is 45.4. The van der Waals surface area contributed by atoms with Crippen molar-refractivity contribution in [2.45, 2.75) is 133 Å². The van der Waals surface area contributed by atoms with Gasteiger partial charge in [-0.05, 0) is 115 Å². The minimum Gasteiger partial charge on any atom is -0.493 e. The first-order valence-electron chi connectivity index (χ1n) is 17.6. The Morgan fingerprint density at radius 3 is 2.26 bits per heavy atom. The molecule has 2 nitrogen and oxygen atoms in total. The maximum atomic E-state index is 11.0. The van der Waals surface area contributed by atoms with E-state index in [0.717, 1.165) is 18.1 Å². The highest BCUT2D eigenvalue weighted by atomic mass is 16.5. The molecule has 2 heteroatoms. The van der Waals surface area contributed by atoms with Crippen LogP contribution >= 0.6 is 0 Å². The molecule has 0 aromatic heterocycles. The average molecular weight is 575 g/mol. The van der Waals surface area contributed by atoms with Gasteiger partial charge in [-0.25, -0.2) is 0 Å². The molecular formula is C40H62O2.